The Kier molecular flexibility index (Phi) is 6.47. The zero-order chi connectivity index (χ0) is 25.8. The van der Waals surface area contributed by atoms with Crippen LogP contribution in [0.25, 0.3) is 0 Å². The minimum Gasteiger partial charge on any atom is -0.462 e. The Bertz CT molecular complexity index is 997. The SMILES string of the molecule is CC(=O)OCC(=O)[C@]1(OC(C)=O)CC[C@@H]2[C@H]3CCC4=CC(=O)CC[C@]4(C)[C@@H]3[C@H](OC(C)=O)C[C@@]21C. The number of rotatable bonds is 5. The average Bonchev–Trinajstić information content (AvgIpc) is 3.04. The van der Waals surface area contributed by atoms with E-state index in [2.05, 4.69) is 6.92 Å². The van der Waals surface area contributed by atoms with E-state index in [1.165, 1.54) is 20.8 Å². The summed E-state index contributed by atoms with van der Waals surface area (Å²) in [5, 5.41) is 0. The maximum Gasteiger partial charge on any atom is 0.303 e. The first kappa shape index (κ1) is 25.6. The van der Waals surface area contributed by atoms with Crippen LogP contribution in [-0.4, -0.2) is 47.8 Å². The number of Topliss-reactive ketones (excluding diaryl/α,β-unsaturated/α-hetero) is 1. The summed E-state index contributed by atoms with van der Waals surface area (Å²) in [6.07, 6.45) is 5.44. The molecule has 0 aromatic carbocycles. The molecular weight excluding hydrogens is 452 g/mol. The van der Waals surface area contributed by atoms with Gasteiger partial charge in [0.1, 0.15) is 6.10 Å². The molecule has 4 rings (SSSR count). The van der Waals surface area contributed by atoms with Crippen LogP contribution in [0.5, 0.6) is 0 Å². The molecule has 0 aromatic heterocycles. The highest BCUT2D eigenvalue weighted by molar-refractivity contribution is 5.93. The van der Waals surface area contributed by atoms with Gasteiger partial charge in [0.25, 0.3) is 0 Å². The number of ether oxygens (including phenoxy) is 3. The lowest BCUT2D eigenvalue weighted by Crippen LogP contribution is -2.63. The lowest BCUT2D eigenvalue weighted by atomic mass is 9.45. The molecule has 8 nitrogen and oxygen atoms in total. The molecule has 4 aliphatic carbocycles. The Hall–Kier alpha value is -2.51. The van der Waals surface area contributed by atoms with Crippen LogP contribution in [0.2, 0.25) is 0 Å². The molecule has 0 aromatic rings. The molecule has 0 bridgehead atoms. The van der Waals surface area contributed by atoms with Gasteiger partial charge in [0.15, 0.2) is 18.0 Å². The molecule has 0 spiro atoms. The molecule has 7 atom stereocenters. The van der Waals surface area contributed by atoms with Crippen molar-refractivity contribution in [3.63, 3.8) is 0 Å². The number of esters is 3. The van der Waals surface area contributed by atoms with Crippen molar-refractivity contribution >= 4 is 29.5 Å². The van der Waals surface area contributed by atoms with E-state index in [-0.39, 0.29) is 29.0 Å². The van der Waals surface area contributed by atoms with Crippen molar-refractivity contribution in [1.29, 1.82) is 0 Å². The predicted octanol–water partition coefficient (Wildman–Crippen LogP) is 3.49. The molecule has 8 heteroatoms. The van der Waals surface area contributed by atoms with Crippen molar-refractivity contribution in [2.45, 2.75) is 91.3 Å². The van der Waals surface area contributed by atoms with Gasteiger partial charge in [-0.2, -0.15) is 0 Å². The number of hydrogen-bond acceptors (Lipinski definition) is 8. The molecule has 4 aliphatic rings. The van der Waals surface area contributed by atoms with Crippen LogP contribution < -0.4 is 0 Å². The molecule has 35 heavy (non-hydrogen) atoms. The zero-order valence-electron chi connectivity index (χ0n) is 21.3. The fourth-order valence-corrected chi connectivity index (χ4v) is 8.17. The highest BCUT2D eigenvalue weighted by Gasteiger charge is 2.71. The molecule has 0 amide bonds. The second kappa shape index (κ2) is 8.86. The third kappa shape index (κ3) is 4.02. The Balaban J connectivity index is 1.79. The highest BCUT2D eigenvalue weighted by atomic mass is 16.6. The first-order valence-corrected chi connectivity index (χ1v) is 12.6. The van der Waals surface area contributed by atoms with E-state index in [0.717, 1.165) is 18.4 Å². The molecule has 0 radical (unpaired) electrons. The summed E-state index contributed by atoms with van der Waals surface area (Å²) in [4.78, 5) is 61.7. The predicted molar refractivity (Wildman–Crippen MR) is 124 cm³/mol. The van der Waals surface area contributed by atoms with Crippen molar-refractivity contribution in [3.05, 3.63) is 11.6 Å². The van der Waals surface area contributed by atoms with Crippen molar-refractivity contribution in [2.75, 3.05) is 6.61 Å². The van der Waals surface area contributed by atoms with E-state index >= 15 is 0 Å². The third-order valence-corrected chi connectivity index (χ3v) is 9.49. The molecule has 0 saturated heterocycles. The van der Waals surface area contributed by atoms with Crippen molar-refractivity contribution < 1.29 is 38.2 Å². The van der Waals surface area contributed by atoms with Crippen LogP contribution in [0, 0.1) is 28.6 Å². The third-order valence-electron chi connectivity index (χ3n) is 9.49. The summed E-state index contributed by atoms with van der Waals surface area (Å²) >= 11 is 0. The first-order valence-electron chi connectivity index (χ1n) is 12.6. The molecule has 192 valence electrons. The molecular formula is C27H36O8. The van der Waals surface area contributed by atoms with Crippen molar-refractivity contribution in [3.8, 4) is 0 Å². The van der Waals surface area contributed by atoms with Gasteiger partial charge in [-0.05, 0) is 61.9 Å². The second-order valence-corrected chi connectivity index (χ2v) is 11.3. The maximum absolute atomic E-state index is 13.6. The van der Waals surface area contributed by atoms with Gasteiger partial charge < -0.3 is 14.2 Å². The van der Waals surface area contributed by atoms with E-state index in [0.29, 0.717) is 32.1 Å². The Morgan fingerprint density at radius 3 is 2.31 bits per heavy atom. The van der Waals surface area contributed by atoms with Crippen LogP contribution in [0.3, 0.4) is 0 Å². The van der Waals surface area contributed by atoms with E-state index in [4.69, 9.17) is 14.2 Å². The van der Waals surface area contributed by atoms with E-state index in [1.807, 2.05) is 6.92 Å². The number of allylic oxidation sites excluding steroid dienone is 1. The van der Waals surface area contributed by atoms with Gasteiger partial charge in [-0.1, -0.05) is 19.4 Å². The van der Waals surface area contributed by atoms with Crippen molar-refractivity contribution in [1.82, 2.24) is 0 Å². The quantitative estimate of drug-likeness (QED) is 0.427. The maximum atomic E-state index is 13.6. The minimum absolute atomic E-state index is 0.00859. The molecule has 3 fully saturated rings. The van der Waals surface area contributed by atoms with Gasteiger partial charge in [0.2, 0.25) is 5.78 Å². The normalized spacial score (nSPS) is 39.9. The van der Waals surface area contributed by atoms with E-state index in [1.54, 1.807) is 6.08 Å². The summed E-state index contributed by atoms with van der Waals surface area (Å²) in [6, 6.07) is 0. The van der Waals surface area contributed by atoms with E-state index < -0.39 is 47.4 Å². The first-order chi connectivity index (χ1) is 16.3. The number of carbonyl (C=O) groups is 5. The zero-order valence-corrected chi connectivity index (χ0v) is 21.3. The summed E-state index contributed by atoms with van der Waals surface area (Å²) in [5.41, 5.74) is -1.39. The average molecular weight is 489 g/mol. The van der Waals surface area contributed by atoms with Gasteiger partial charge >= 0.3 is 17.9 Å². The standard InChI is InChI=1S/C27H36O8/c1-15(28)33-14-23(32)27(35-17(3)30)11-9-21-20-7-6-18-12-19(31)8-10-25(18,4)24(20)22(34-16(2)29)13-26(21,27)5/h12,20-22,24H,6-11,13-14H2,1-5H3/t20-,21-,22-,24+,25+,26+,27-/m1/s1. The molecule has 0 N–H and O–H groups in total. The van der Waals surface area contributed by atoms with Crippen LogP contribution in [0.15, 0.2) is 11.6 Å². The smallest absolute Gasteiger partial charge is 0.303 e. The molecule has 0 heterocycles. The largest absolute Gasteiger partial charge is 0.462 e. The van der Waals surface area contributed by atoms with Gasteiger partial charge in [-0.15, -0.1) is 0 Å². The molecule has 3 saturated carbocycles. The van der Waals surface area contributed by atoms with Crippen LogP contribution in [-0.2, 0) is 38.2 Å². The lowest BCUT2D eigenvalue weighted by molar-refractivity contribution is -0.208. The van der Waals surface area contributed by atoms with Crippen molar-refractivity contribution in [2.24, 2.45) is 28.6 Å². The number of ketones is 2. The van der Waals surface area contributed by atoms with Crippen LogP contribution in [0.1, 0.15) is 79.6 Å². The Labute approximate surface area is 206 Å². The fourth-order valence-electron chi connectivity index (χ4n) is 8.17. The van der Waals surface area contributed by atoms with Crippen LogP contribution >= 0.6 is 0 Å². The van der Waals surface area contributed by atoms with Crippen LogP contribution in [0.4, 0.5) is 0 Å². The summed E-state index contributed by atoms with van der Waals surface area (Å²) < 4.78 is 16.9. The highest BCUT2D eigenvalue weighted by Crippen LogP contribution is 2.68. The Morgan fingerprint density at radius 2 is 1.69 bits per heavy atom. The lowest BCUT2D eigenvalue weighted by Gasteiger charge is -2.61. The summed E-state index contributed by atoms with van der Waals surface area (Å²) in [6.45, 7) is 7.57. The van der Waals surface area contributed by atoms with Gasteiger partial charge in [0.05, 0.1) is 0 Å². The van der Waals surface area contributed by atoms with E-state index in [9.17, 15) is 24.0 Å². The number of carbonyl (C=O) groups excluding carboxylic acids is 5. The minimum atomic E-state index is -1.46. The summed E-state index contributed by atoms with van der Waals surface area (Å²) in [7, 11) is 0. The topological polar surface area (TPSA) is 113 Å². The monoisotopic (exact) mass is 488 g/mol. The molecule has 0 unspecified atom stereocenters. The summed E-state index contributed by atoms with van der Waals surface area (Å²) in [5.74, 6) is -1.64. The number of hydrogen-bond donors (Lipinski definition) is 0. The fraction of sp³-hybridized carbons (Fsp3) is 0.741. The second-order valence-electron chi connectivity index (χ2n) is 11.3. The van der Waals surface area contributed by atoms with Gasteiger partial charge in [0, 0.05) is 38.5 Å². The van der Waals surface area contributed by atoms with Gasteiger partial charge in [-0.3, -0.25) is 24.0 Å². The Morgan fingerprint density at radius 1 is 0.971 bits per heavy atom. The van der Waals surface area contributed by atoms with Gasteiger partial charge in [-0.25, -0.2) is 0 Å². The molecule has 0 aliphatic heterocycles. The number of fused-ring (bicyclic) bond motifs is 5.